The first kappa shape index (κ1) is 25.8. The Morgan fingerprint density at radius 2 is 1.91 bits per heavy atom. The first-order valence-electron chi connectivity index (χ1n) is 11.4. The number of aromatic amines is 1. The number of amides is 1. The van der Waals surface area contributed by atoms with Gasteiger partial charge in [-0.2, -0.15) is 0 Å². The molecule has 2 heterocycles. The molecule has 1 amide bonds. The smallest absolute Gasteiger partial charge is 0.330 e. The molecular weight excluding hydrogens is 464 g/mol. The van der Waals surface area contributed by atoms with Crippen LogP contribution in [0.4, 0.5) is 8.78 Å². The molecule has 2 aromatic heterocycles. The number of carbonyl (C=O) groups is 2. The number of imidazole rings is 1. The normalized spacial score (nSPS) is 11.1. The summed E-state index contributed by atoms with van der Waals surface area (Å²) in [6, 6.07) is 2.64. The van der Waals surface area contributed by atoms with Gasteiger partial charge in [-0.3, -0.25) is 23.9 Å². The minimum atomic E-state index is -0.973. The lowest BCUT2D eigenvalue weighted by Crippen LogP contribution is -2.31. The number of unbranched alkanes of at least 4 members (excludes halogenated alkanes) is 1. The summed E-state index contributed by atoms with van der Waals surface area (Å²) < 4.78 is 34.9. The van der Waals surface area contributed by atoms with E-state index >= 15 is 0 Å². The Labute approximate surface area is 198 Å². The highest BCUT2D eigenvalue weighted by Gasteiger charge is 2.19. The van der Waals surface area contributed by atoms with Gasteiger partial charge in [-0.15, -0.1) is 0 Å². The molecule has 0 fully saturated rings. The number of aromatic nitrogens is 4. The number of esters is 1. The largest absolute Gasteiger partial charge is 0.458 e. The van der Waals surface area contributed by atoms with Crippen LogP contribution in [0.15, 0.2) is 27.8 Å². The highest BCUT2D eigenvalue weighted by Crippen LogP contribution is 2.14. The number of carbonyl (C=O) groups excluding carboxylic acids is 2. The van der Waals surface area contributed by atoms with E-state index in [2.05, 4.69) is 15.3 Å². The predicted molar refractivity (Wildman–Crippen MR) is 123 cm³/mol. The van der Waals surface area contributed by atoms with Gasteiger partial charge < -0.3 is 14.6 Å². The summed E-state index contributed by atoms with van der Waals surface area (Å²) in [4.78, 5) is 55.5. The Kier molecular flexibility index (Phi) is 8.50. The van der Waals surface area contributed by atoms with Gasteiger partial charge in [0.2, 0.25) is 0 Å². The second kappa shape index (κ2) is 11.5. The molecule has 0 aliphatic rings. The van der Waals surface area contributed by atoms with Crippen LogP contribution >= 0.6 is 0 Å². The lowest BCUT2D eigenvalue weighted by atomic mass is 10.2. The molecule has 0 spiro atoms. The number of rotatable bonds is 11. The average molecular weight is 491 g/mol. The van der Waals surface area contributed by atoms with E-state index in [0.717, 1.165) is 25.0 Å². The molecule has 0 atom stereocenters. The third-order valence-corrected chi connectivity index (χ3v) is 5.40. The van der Waals surface area contributed by atoms with Crippen LogP contribution in [-0.4, -0.2) is 37.5 Å². The molecule has 0 unspecified atom stereocenters. The summed E-state index contributed by atoms with van der Waals surface area (Å²) >= 11 is 0. The van der Waals surface area contributed by atoms with E-state index < -0.39 is 34.8 Å². The number of fused-ring (bicyclic) bond motifs is 1. The predicted octanol–water partition coefficient (Wildman–Crippen LogP) is 2.24. The van der Waals surface area contributed by atoms with Crippen LogP contribution in [0.5, 0.6) is 0 Å². The van der Waals surface area contributed by atoms with E-state index in [0.29, 0.717) is 25.0 Å². The summed E-state index contributed by atoms with van der Waals surface area (Å²) in [6.45, 7) is 4.45. The number of nitrogens with zero attached hydrogens (tertiary/aromatic N) is 3. The highest BCUT2D eigenvalue weighted by atomic mass is 19.1. The molecule has 0 saturated heterocycles. The molecule has 3 rings (SSSR count). The monoisotopic (exact) mass is 491 g/mol. The van der Waals surface area contributed by atoms with Crippen molar-refractivity contribution in [3.8, 4) is 0 Å². The summed E-state index contributed by atoms with van der Waals surface area (Å²) in [5.74, 6) is -2.70. The quantitative estimate of drug-likeness (QED) is 0.313. The van der Waals surface area contributed by atoms with Crippen LogP contribution in [0, 0.1) is 11.6 Å². The van der Waals surface area contributed by atoms with Crippen molar-refractivity contribution >= 4 is 23.0 Å². The van der Waals surface area contributed by atoms with Gasteiger partial charge in [0.25, 0.3) is 11.5 Å². The highest BCUT2D eigenvalue weighted by molar-refractivity contribution is 5.94. The maximum atomic E-state index is 13.6. The molecule has 0 radical (unpaired) electrons. The van der Waals surface area contributed by atoms with Gasteiger partial charge in [-0.05, 0) is 31.9 Å². The minimum Gasteiger partial charge on any atom is -0.458 e. The molecular formula is C23H27F2N5O5. The van der Waals surface area contributed by atoms with Crippen molar-refractivity contribution in [3.05, 3.63) is 62.1 Å². The summed E-state index contributed by atoms with van der Waals surface area (Å²) in [6.07, 6.45) is 1.79. The van der Waals surface area contributed by atoms with Crippen molar-refractivity contribution < 1.29 is 23.1 Å². The first-order valence-corrected chi connectivity index (χ1v) is 11.4. The third kappa shape index (κ3) is 6.00. The van der Waals surface area contributed by atoms with Crippen molar-refractivity contribution in [2.24, 2.45) is 0 Å². The second-order valence-corrected chi connectivity index (χ2v) is 7.85. The summed E-state index contributed by atoms with van der Waals surface area (Å²) in [7, 11) is 0. The minimum absolute atomic E-state index is 0.0275. The lowest BCUT2D eigenvalue weighted by molar-refractivity contribution is -0.145. The number of hydrogen-bond donors (Lipinski definition) is 2. The number of H-pyrrole nitrogens is 1. The van der Waals surface area contributed by atoms with Crippen LogP contribution in [0.1, 0.15) is 55.7 Å². The Bertz CT molecular complexity index is 1340. The van der Waals surface area contributed by atoms with E-state index in [1.807, 2.05) is 6.92 Å². The summed E-state index contributed by atoms with van der Waals surface area (Å²) in [5, 5.41) is 2.46. The average Bonchev–Trinajstić information content (AvgIpc) is 3.19. The summed E-state index contributed by atoms with van der Waals surface area (Å²) in [5.41, 5.74) is -0.901. The van der Waals surface area contributed by atoms with Crippen molar-refractivity contribution in [2.75, 3.05) is 6.54 Å². The van der Waals surface area contributed by atoms with Gasteiger partial charge in [0, 0.05) is 32.1 Å². The van der Waals surface area contributed by atoms with Crippen molar-refractivity contribution in [2.45, 2.75) is 59.2 Å². The van der Waals surface area contributed by atoms with E-state index in [-0.39, 0.29) is 42.7 Å². The number of ether oxygens (including phenoxy) is 1. The van der Waals surface area contributed by atoms with Gasteiger partial charge in [0.1, 0.15) is 24.1 Å². The first-order chi connectivity index (χ1) is 16.8. The van der Waals surface area contributed by atoms with E-state index in [9.17, 15) is 28.0 Å². The van der Waals surface area contributed by atoms with Crippen LogP contribution in [0.3, 0.4) is 0 Å². The van der Waals surface area contributed by atoms with Crippen LogP contribution in [0.2, 0.25) is 0 Å². The number of halogens is 2. The molecule has 35 heavy (non-hydrogen) atoms. The lowest BCUT2D eigenvalue weighted by Gasteiger charge is -2.08. The van der Waals surface area contributed by atoms with E-state index in [1.54, 1.807) is 11.5 Å². The molecule has 0 bridgehead atoms. The molecule has 2 N–H and O–H groups in total. The molecule has 3 aromatic rings. The molecule has 10 nitrogen and oxygen atoms in total. The van der Waals surface area contributed by atoms with Crippen LogP contribution < -0.4 is 16.6 Å². The maximum absolute atomic E-state index is 13.6. The molecule has 1 aromatic carbocycles. The molecule has 0 saturated carbocycles. The fourth-order valence-corrected chi connectivity index (χ4v) is 3.61. The Balaban J connectivity index is 1.59. The van der Waals surface area contributed by atoms with E-state index in [1.165, 1.54) is 4.57 Å². The second-order valence-electron chi connectivity index (χ2n) is 7.85. The third-order valence-electron chi connectivity index (χ3n) is 5.40. The fourth-order valence-electron chi connectivity index (χ4n) is 3.61. The van der Waals surface area contributed by atoms with Gasteiger partial charge in [-0.25, -0.2) is 18.6 Å². The van der Waals surface area contributed by atoms with Gasteiger partial charge in [0.05, 0.1) is 5.56 Å². The molecule has 0 aliphatic carbocycles. The number of benzene rings is 1. The van der Waals surface area contributed by atoms with Gasteiger partial charge in [-0.1, -0.05) is 13.3 Å². The topological polar surface area (TPSA) is 128 Å². The van der Waals surface area contributed by atoms with Crippen LogP contribution in [0.25, 0.3) is 11.2 Å². The zero-order valence-electron chi connectivity index (χ0n) is 19.5. The SMILES string of the molecule is CCCCn1c(=O)[nH]c(=O)c2c1nc(COC(=O)CCCNC(=O)c1ccc(F)cc1F)n2CC. The molecule has 0 aliphatic heterocycles. The zero-order valence-corrected chi connectivity index (χ0v) is 19.5. The molecule has 188 valence electrons. The zero-order chi connectivity index (χ0) is 25.5. The van der Waals surface area contributed by atoms with Crippen molar-refractivity contribution in [1.82, 2.24) is 24.4 Å². The maximum Gasteiger partial charge on any atom is 0.330 e. The fraction of sp³-hybridized carbons (Fsp3) is 0.435. The number of aryl methyl sites for hydroxylation is 2. The van der Waals surface area contributed by atoms with Crippen LogP contribution in [-0.2, 0) is 29.2 Å². The Hall–Kier alpha value is -3.83. The van der Waals surface area contributed by atoms with Crippen molar-refractivity contribution in [1.29, 1.82) is 0 Å². The Morgan fingerprint density at radius 3 is 2.60 bits per heavy atom. The van der Waals surface area contributed by atoms with Crippen molar-refractivity contribution in [3.63, 3.8) is 0 Å². The van der Waals surface area contributed by atoms with Gasteiger partial charge in [0.15, 0.2) is 11.2 Å². The standard InChI is InChI=1S/C23H27F2N5O5/c1-3-5-11-30-20-19(22(33)28-23(30)34)29(4-2)17(27-20)13-35-18(31)7-6-10-26-21(32)15-9-8-14(24)12-16(15)25/h8-9,12H,3-7,10-11,13H2,1-2H3,(H,26,32)(H,28,33,34). The van der Waals surface area contributed by atoms with Gasteiger partial charge >= 0.3 is 11.7 Å². The number of nitrogens with one attached hydrogen (secondary N) is 2. The van der Waals surface area contributed by atoms with E-state index in [4.69, 9.17) is 4.74 Å². The molecule has 12 heteroatoms. The Morgan fingerprint density at radius 1 is 1.14 bits per heavy atom. The number of hydrogen-bond acceptors (Lipinski definition) is 6.